The molecule has 0 fully saturated rings. The van der Waals surface area contributed by atoms with Crippen LogP contribution in [-0.4, -0.2) is 182 Å². The molecule has 2 atom stereocenters. The number of benzene rings is 10. The molecule has 0 radical (unpaired) electrons. The zero-order chi connectivity index (χ0) is 100. The topological polar surface area (TPSA) is 313 Å². The first kappa shape index (κ1) is 114. The molecule has 2 heterocycles. The number of aromatic nitrogens is 1. The molecular weight excluding hydrogens is 1850 g/mol. The Morgan fingerprint density at radius 3 is 0.903 bits per heavy atom. The standard InChI is InChI=1S/C21H20N2O4.C21H30O3Si2.2C18H22O3Si.C16H19ClSi.C5H12O3Si.C3H9ClSi.C2H4O3/c1-26-20(24)13-9-7-12(8-10-13)18-19-15(11-17(23-18)21(25)27-2)14-5-3-4-6-16(14)22-19;1-21(2,3)26(18-13-9-7-10-14-18,19-15-11-8-12-16-19)23-17-20(22)24-25(4,5)6;2*1-18(2,3)22(21-14-17(19)20,15-10-6-4-7-11-15)16-12-8-5-9-13-16;1-16(2,3)18(17,14-10-6-4-7-11-14)15-12-8-5-9-13-15;1-9(2,3)8-5(7)4-6;1-5(2,3)4;3-1-2(4)5/h3-10,17-18,22-23H,11H2,1-2H3;7-16H,17H2,1-6H3;2*4-13H,14H2,1-3H3,(H,19,20);4-13H,1-3H3;6H,4H2,1-3H3;1-3H3;3H,1H2,(H,4,5)/t17-,18-;;;;;;;/m0......./s1. The van der Waals surface area contributed by atoms with Crippen LogP contribution in [0.1, 0.15) is 116 Å². The highest BCUT2D eigenvalue weighted by Crippen LogP contribution is 2.42. The summed E-state index contributed by atoms with van der Waals surface area (Å²) in [4.78, 5) is 81.6. The van der Waals surface area contributed by atoms with E-state index in [0.29, 0.717) is 12.0 Å². The summed E-state index contributed by atoms with van der Waals surface area (Å²) in [5.41, 5.74) is 4.61. The number of H-pyrrole nitrogens is 1. The SMILES string of the molecule is CC(C)(C)[Si](Cl)(c1ccccc1)c1ccccc1.CC(C)(C)[Si](OCC(=O)O)(c1ccccc1)c1ccccc1.CC(C)(C)[Si](OCC(=O)O)(c1ccccc1)c1ccccc1.CC(C)(C)[Si](OCC(=O)O[Si](C)(C)C)(c1ccccc1)c1ccccc1.COC(=O)c1ccc([C@@H]2N[C@H](C(=O)OC)Cc3c2[nH]c2ccccc32)cc1.C[Si](C)(C)Cl.C[Si](C)(C)OC(=O)CO.O=C(O)CO. The number of carbonyl (C=O) groups is 7. The van der Waals surface area contributed by atoms with Gasteiger partial charge in [0.05, 0.1) is 25.8 Å². The van der Waals surface area contributed by atoms with Gasteiger partial charge in [-0.2, -0.15) is 22.2 Å². The van der Waals surface area contributed by atoms with Gasteiger partial charge in [0.25, 0.3) is 25.0 Å². The second-order valence-electron chi connectivity index (χ2n) is 38.8. The molecule has 0 saturated carbocycles. The van der Waals surface area contributed by atoms with Crippen LogP contribution in [-0.2, 0) is 66.8 Å². The first-order chi connectivity index (χ1) is 62.6. The molecule has 134 heavy (non-hydrogen) atoms. The van der Waals surface area contributed by atoms with Crippen LogP contribution in [0.3, 0.4) is 0 Å². The minimum absolute atomic E-state index is 0.0163. The molecule has 30 heteroatoms. The second kappa shape index (κ2) is 51.7. The number of carboxylic acids is 3. The average molecular weight is 1990 g/mol. The van der Waals surface area contributed by atoms with Gasteiger partial charge in [0.1, 0.15) is 46.5 Å². The fraction of sp³-hybridized carbons (Fsp3) is 0.337. The highest BCUT2D eigenvalue weighted by atomic mass is 35.6. The van der Waals surface area contributed by atoms with E-state index in [-0.39, 0.29) is 63.9 Å². The summed E-state index contributed by atoms with van der Waals surface area (Å²) in [7, 11) is -12.4. The smallest absolute Gasteiger partial charge is 0.337 e. The Morgan fingerprint density at radius 1 is 0.366 bits per heavy atom. The van der Waals surface area contributed by atoms with E-state index in [1.807, 2.05) is 239 Å². The highest BCUT2D eigenvalue weighted by molar-refractivity contribution is 7.35. The number of ether oxygens (including phenoxy) is 2. The third kappa shape index (κ3) is 33.4. The van der Waals surface area contributed by atoms with Crippen molar-refractivity contribution in [3.05, 3.63) is 314 Å². The summed E-state index contributed by atoms with van der Waals surface area (Å²) < 4.78 is 39.1. The van der Waals surface area contributed by atoms with Crippen LogP contribution < -0.4 is 46.8 Å². The Balaban J connectivity index is 0.000000283. The van der Waals surface area contributed by atoms with Gasteiger partial charge in [0, 0.05) is 23.0 Å². The lowest BCUT2D eigenvalue weighted by atomic mass is 9.90. The minimum Gasteiger partial charge on any atom is -0.518 e. The predicted octanol–water partition coefficient (Wildman–Crippen LogP) is 17.2. The molecule has 1 aromatic heterocycles. The number of aliphatic hydroxyl groups is 2. The lowest BCUT2D eigenvalue weighted by molar-refractivity contribution is -0.143. The number of aliphatic carboxylic acids is 3. The van der Waals surface area contributed by atoms with Crippen molar-refractivity contribution in [3.8, 4) is 0 Å². The average Bonchev–Trinajstić information content (AvgIpc) is 1.17. The number of nitrogens with one attached hydrogen (secondary N) is 2. The normalized spacial score (nSPS) is 13.4. The summed E-state index contributed by atoms with van der Waals surface area (Å²) in [6.07, 6.45) is 0.558. The lowest BCUT2D eigenvalue weighted by Gasteiger charge is -2.42. The van der Waals surface area contributed by atoms with Crippen molar-refractivity contribution in [2.75, 3.05) is 47.3 Å². The second-order valence-corrected chi connectivity index (χ2v) is 73.8. The third-order valence-corrected chi connectivity index (χ3v) is 45.0. The van der Waals surface area contributed by atoms with Gasteiger partial charge in [-0.15, -0.1) is 0 Å². The highest BCUT2D eigenvalue weighted by Gasteiger charge is 2.54. The third-order valence-electron chi connectivity index (χ3n) is 21.0. The summed E-state index contributed by atoms with van der Waals surface area (Å²) in [6.45, 7) is 42.2. The molecule has 0 bridgehead atoms. The number of methoxy groups -OCH3 is 2. The van der Waals surface area contributed by atoms with Gasteiger partial charge in [0.2, 0.25) is 24.0 Å². The zero-order valence-electron chi connectivity index (χ0n) is 81.8. The molecule has 0 unspecified atom stereocenters. The number of esters is 2. The Bertz CT molecular complexity index is 5160. The van der Waals surface area contributed by atoms with Crippen molar-refractivity contribution in [2.45, 2.75) is 181 Å². The molecule has 1 aliphatic rings. The van der Waals surface area contributed by atoms with E-state index in [2.05, 4.69) is 192 Å². The maximum Gasteiger partial charge on any atom is 0.337 e. The number of carbonyl (C=O) groups excluding carboxylic acids is 4. The molecule has 0 aliphatic carbocycles. The van der Waals surface area contributed by atoms with Crippen LogP contribution in [0.5, 0.6) is 0 Å². The van der Waals surface area contributed by atoms with E-state index < -0.39 is 99.5 Å². The first-order valence-electron chi connectivity index (χ1n) is 44.3. The Labute approximate surface area is 809 Å². The maximum atomic E-state index is 12.4. The van der Waals surface area contributed by atoms with E-state index in [1.165, 1.54) is 35.0 Å². The van der Waals surface area contributed by atoms with Crippen LogP contribution >= 0.6 is 22.2 Å². The van der Waals surface area contributed by atoms with Gasteiger partial charge in [-0.05, 0) is 130 Å². The maximum absolute atomic E-state index is 12.4. The van der Waals surface area contributed by atoms with E-state index in [9.17, 15) is 28.8 Å². The molecule has 7 N–H and O–H groups in total. The van der Waals surface area contributed by atoms with Gasteiger partial charge in [-0.25, -0.2) is 19.2 Å². The molecule has 10 aromatic carbocycles. The number of hydrogen-bond acceptors (Lipinski definition) is 17. The molecule has 11 aromatic rings. The van der Waals surface area contributed by atoms with E-state index >= 15 is 0 Å². The number of fused-ring (bicyclic) bond motifs is 3. The van der Waals surface area contributed by atoms with Crippen LogP contribution in [0.25, 0.3) is 10.9 Å². The fourth-order valence-corrected chi connectivity index (χ4v) is 34.7. The fourth-order valence-electron chi connectivity index (χ4n) is 15.6. The van der Waals surface area contributed by atoms with Crippen molar-refractivity contribution in [2.24, 2.45) is 0 Å². The molecule has 0 saturated heterocycles. The molecule has 720 valence electrons. The van der Waals surface area contributed by atoms with Gasteiger partial charge in [0.15, 0.2) is 0 Å². The molecule has 12 rings (SSSR count). The van der Waals surface area contributed by atoms with Crippen molar-refractivity contribution >= 4 is 173 Å². The predicted molar refractivity (Wildman–Crippen MR) is 560 cm³/mol. The van der Waals surface area contributed by atoms with Crippen LogP contribution in [0.15, 0.2) is 291 Å². The van der Waals surface area contributed by atoms with E-state index in [0.717, 1.165) is 48.5 Å². The molecule has 0 amide bonds. The van der Waals surface area contributed by atoms with Crippen molar-refractivity contribution in [1.82, 2.24) is 10.3 Å². The molecule has 1 aliphatic heterocycles. The Morgan fingerprint density at radius 2 is 0.649 bits per heavy atom. The summed E-state index contributed by atoms with van der Waals surface area (Å²) in [5.74, 6) is -4.52. The lowest BCUT2D eigenvalue weighted by Crippen LogP contribution is -2.67. The summed E-state index contributed by atoms with van der Waals surface area (Å²) in [6, 6.07) is 96.4. The number of aromatic amines is 1. The monoisotopic (exact) mass is 1980 g/mol. The van der Waals surface area contributed by atoms with Crippen molar-refractivity contribution < 1.29 is 90.7 Å². The zero-order valence-corrected chi connectivity index (χ0v) is 90.3. The number of carboxylic acid groups (broad SMARTS) is 3. The Hall–Kier alpha value is -10.1. The minimum atomic E-state index is -2.69. The summed E-state index contributed by atoms with van der Waals surface area (Å²) in [5, 5.41) is 54.8. The van der Waals surface area contributed by atoms with Crippen LogP contribution in [0.4, 0.5) is 0 Å². The van der Waals surface area contributed by atoms with E-state index in [1.54, 1.807) is 12.1 Å². The Kier molecular flexibility index (Phi) is 44.1. The van der Waals surface area contributed by atoms with Crippen molar-refractivity contribution in [3.63, 3.8) is 0 Å². The summed E-state index contributed by atoms with van der Waals surface area (Å²) >= 11 is 12.9. The van der Waals surface area contributed by atoms with Gasteiger partial charge < -0.3 is 62.1 Å². The van der Waals surface area contributed by atoms with E-state index in [4.69, 9.17) is 84.1 Å². The number of aliphatic hydroxyl groups excluding tert-OH is 2. The quantitative estimate of drug-likeness (QED) is 0.0168. The van der Waals surface area contributed by atoms with Crippen LogP contribution in [0.2, 0.25) is 79.1 Å². The first-order valence-corrected chi connectivity index (χ1v) is 64.4. The van der Waals surface area contributed by atoms with Crippen molar-refractivity contribution in [1.29, 1.82) is 0 Å². The molecular formula is C104H138Cl2N2O19Si7. The molecule has 0 spiro atoms. The number of rotatable bonds is 24. The number of para-hydroxylation sites is 1. The van der Waals surface area contributed by atoms with Gasteiger partial charge in [-0.1, -0.05) is 376 Å². The molecule has 21 nitrogen and oxygen atoms in total. The van der Waals surface area contributed by atoms with Gasteiger partial charge >= 0.3 is 41.8 Å². The number of hydrogen-bond donors (Lipinski definition) is 7. The number of halogens is 2. The largest absolute Gasteiger partial charge is 0.518 e. The van der Waals surface area contributed by atoms with Crippen LogP contribution in [0, 0.1) is 0 Å². The van der Waals surface area contributed by atoms with Gasteiger partial charge in [-0.3, -0.25) is 19.7 Å².